The van der Waals surface area contributed by atoms with E-state index in [4.69, 9.17) is 31.2 Å². The highest BCUT2D eigenvalue weighted by molar-refractivity contribution is 9.10. The van der Waals surface area contributed by atoms with Crippen molar-refractivity contribution in [2.45, 2.75) is 30.9 Å². The molecular formula is C40H36BrClN2O4. The van der Waals surface area contributed by atoms with Gasteiger partial charge >= 0.3 is 0 Å². The number of halogens is 2. The first-order valence-electron chi connectivity index (χ1n) is 16.0. The van der Waals surface area contributed by atoms with Crippen LogP contribution in [0.15, 0.2) is 137 Å². The van der Waals surface area contributed by atoms with E-state index in [2.05, 4.69) is 45.5 Å². The summed E-state index contributed by atoms with van der Waals surface area (Å²) in [4.78, 5) is 19.7. The number of carbonyl (C=O) groups excluding carboxylic acids is 1. The summed E-state index contributed by atoms with van der Waals surface area (Å²) in [5, 5.41) is 13.0. The molecule has 0 saturated heterocycles. The third-order valence-corrected chi connectivity index (χ3v) is 9.09. The Kier molecular flexibility index (Phi) is 10.9. The molecule has 1 aliphatic heterocycles. The van der Waals surface area contributed by atoms with Crippen molar-refractivity contribution in [2.24, 2.45) is 4.99 Å². The molecule has 6 rings (SSSR count). The van der Waals surface area contributed by atoms with E-state index in [9.17, 15) is 4.79 Å². The van der Waals surface area contributed by atoms with Crippen LogP contribution in [0.1, 0.15) is 34.8 Å². The number of ether oxygens (including phenoxy) is 2. The summed E-state index contributed by atoms with van der Waals surface area (Å²) in [7, 11) is 0. The van der Waals surface area contributed by atoms with Crippen LogP contribution in [0.25, 0.3) is 11.1 Å². The Morgan fingerprint density at radius 2 is 1.56 bits per heavy atom. The number of benzene rings is 5. The molecule has 8 heteroatoms. The van der Waals surface area contributed by atoms with E-state index in [1.807, 2.05) is 103 Å². The molecule has 0 unspecified atom stereocenters. The summed E-state index contributed by atoms with van der Waals surface area (Å²) < 4.78 is 13.4. The summed E-state index contributed by atoms with van der Waals surface area (Å²) in [5.41, 5.74) is 4.44. The van der Waals surface area contributed by atoms with Gasteiger partial charge in [0.25, 0.3) is 5.91 Å². The Hall–Kier alpha value is -4.43. The Morgan fingerprint density at radius 1 is 0.854 bits per heavy atom. The van der Waals surface area contributed by atoms with Crippen LogP contribution in [0, 0.1) is 0 Å². The molecule has 1 amide bonds. The normalized spacial score (nSPS) is 17.0. The molecule has 0 bridgehead atoms. The van der Waals surface area contributed by atoms with Gasteiger partial charge in [0.05, 0.1) is 6.61 Å². The van der Waals surface area contributed by atoms with Gasteiger partial charge in [-0.15, -0.1) is 0 Å². The average molecular weight is 724 g/mol. The minimum atomic E-state index is -1.30. The minimum absolute atomic E-state index is 0.0675. The van der Waals surface area contributed by atoms with Crippen LogP contribution in [0.2, 0.25) is 5.02 Å². The number of nitrogens with one attached hydrogen (secondary N) is 1. The molecule has 48 heavy (non-hydrogen) atoms. The summed E-state index contributed by atoms with van der Waals surface area (Å²) in [5.74, 6) is 0.846. The number of aliphatic hydroxyl groups is 1. The van der Waals surface area contributed by atoms with Crippen molar-refractivity contribution in [1.29, 1.82) is 0 Å². The van der Waals surface area contributed by atoms with Crippen molar-refractivity contribution < 1.29 is 19.4 Å². The molecule has 244 valence electrons. The standard InChI is InChI=1S/C40H36BrClN2O4/c41-34-18-10-29(11-19-34)27-40(39(46)43-23-22-28-6-4-9-35(42)26-28)37(32-14-12-31(13-15-32)30-7-2-1-3-8-30)48-38(44-40)33-16-20-36(21-17-33)47-25-5-24-45/h1-4,6-21,26,37,45H,5,22-25,27H2,(H,43,46)/t37-,40-/m1/s1. The van der Waals surface area contributed by atoms with Gasteiger partial charge in [-0.2, -0.15) is 0 Å². The van der Waals surface area contributed by atoms with Crippen LogP contribution in [-0.2, 0) is 22.4 Å². The van der Waals surface area contributed by atoms with Crippen molar-refractivity contribution in [2.75, 3.05) is 19.8 Å². The van der Waals surface area contributed by atoms with Crippen LogP contribution in [0.3, 0.4) is 0 Å². The molecule has 2 atom stereocenters. The van der Waals surface area contributed by atoms with Gasteiger partial charge in [0.15, 0.2) is 11.6 Å². The summed E-state index contributed by atoms with van der Waals surface area (Å²) in [6.07, 6.45) is 0.785. The predicted octanol–water partition coefficient (Wildman–Crippen LogP) is 8.39. The fourth-order valence-corrected chi connectivity index (χ4v) is 6.32. The van der Waals surface area contributed by atoms with Gasteiger partial charge in [0.2, 0.25) is 5.90 Å². The first-order valence-corrected chi connectivity index (χ1v) is 17.1. The van der Waals surface area contributed by atoms with Crippen molar-refractivity contribution in [3.8, 4) is 16.9 Å². The zero-order valence-corrected chi connectivity index (χ0v) is 28.7. The molecule has 1 heterocycles. The van der Waals surface area contributed by atoms with Crippen LogP contribution in [-0.4, -0.2) is 42.2 Å². The molecule has 0 fully saturated rings. The number of nitrogens with zero attached hydrogens (tertiary/aromatic N) is 1. The van der Waals surface area contributed by atoms with Crippen LogP contribution in [0.5, 0.6) is 5.75 Å². The monoisotopic (exact) mass is 722 g/mol. The van der Waals surface area contributed by atoms with E-state index in [0.29, 0.717) is 49.1 Å². The maximum absolute atomic E-state index is 14.6. The molecule has 0 saturated carbocycles. The third kappa shape index (κ3) is 7.98. The molecule has 0 radical (unpaired) electrons. The number of aliphatic imine (C=N–C) groups is 1. The second kappa shape index (κ2) is 15.6. The molecule has 6 nitrogen and oxygen atoms in total. The molecule has 1 aliphatic rings. The van der Waals surface area contributed by atoms with Crippen LogP contribution < -0.4 is 10.1 Å². The van der Waals surface area contributed by atoms with E-state index >= 15 is 0 Å². The molecule has 5 aromatic carbocycles. The van der Waals surface area contributed by atoms with Crippen molar-refractivity contribution in [1.82, 2.24) is 5.32 Å². The molecular weight excluding hydrogens is 688 g/mol. The van der Waals surface area contributed by atoms with E-state index in [-0.39, 0.29) is 12.5 Å². The lowest BCUT2D eigenvalue weighted by atomic mass is 9.81. The molecule has 0 spiro atoms. The highest BCUT2D eigenvalue weighted by atomic mass is 79.9. The smallest absolute Gasteiger partial charge is 0.252 e. The number of amides is 1. The predicted molar refractivity (Wildman–Crippen MR) is 195 cm³/mol. The van der Waals surface area contributed by atoms with E-state index in [0.717, 1.165) is 37.9 Å². The Balaban J connectivity index is 1.37. The molecule has 5 aromatic rings. The number of hydrogen-bond donors (Lipinski definition) is 2. The van der Waals surface area contributed by atoms with Crippen molar-refractivity contribution in [3.63, 3.8) is 0 Å². The third-order valence-electron chi connectivity index (χ3n) is 8.33. The summed E-state index contributed by atoms with van der Waals surface area (Å²) in [6, 6.07) is 41.4. The number of hydrogen-bond acceptors (Lipinski definition) is 5. The fraction of sp³-hybridized carbons (Fsp3) is 0.200. The summed E-state index contributed by atoms with van der Waals surface area (Å²) >= 11 is 9.76. The van der Waals surface area contributed by atoms with Gasteiger partial charge in [-0.05, 0) is 82.8 Å². The van der Waals surface area contributed by atoms with Gasteiger partial charge in [-0.3, -0.25) is 4.79 Å². The zero-order valence-electron chi connectivity index (χ0n) is 26.3. The van der Waals surface area contributed by atoms with E-state index in [1.54, 1.807) is 0 Å². The SMILES string of the molecule is O=C(NCCc1cccc(Cl)c1)[C@]1(Cc2ccc(Br)cc2)N=C(c2ccc(OCCCO)cc2)O[C@@H]1c1ccc(-c2ccccc2)cc1. The first kappa shape index (κ1) is 33.5. The van der Waals surface area contributed by atoms with Gasteiger partial charge in [0, 0.05) is 41.1 Å². The van der Waals surface area contributed by atoms with Gasteiger partial charge in [-0.25, -0.2) is 4.99 Å². The lowest BCUT2D eigenvalue weighted by Crippen LogP contribution is -2.50. The maximum atomic E-state index is 14.6. The highest BCUT2D eigenvalue weighted by Crippen LogP contribution is 2.43. The largest absolute Gasteiger partial charge is 0.494 e. The Morgan fingerprint density at radius 3 is 2.27 bits per heavy atom. The fourth-order valence-electron chi connectivity index (χ4n) is 5.84. The minimum Gasteiger partial charge on any atom is -0.494 e. The lowest BCUT2D eigenvalue weighted by molar-refractivity contribution is -0.128. The number of aliphatic hydroxyl groups excluding tert-OH is 1. The van der Waals surface area contributed by atoms with Gasteiger partial charge < -0.3 is 19.9 Å². The number of carbonyl (C=O) groups is 1. The summed E-state index contributed by atoms with van der Waals surface area (Å²) in [6.45, 7) is 0.893. The van der Waals surface area contributed by atoms with Crippen LogP contribution in [0.4, 0.5) is 0 Å². The van der Waals surface area contributed by atoms with Gasteiger partial charge in [0.1, 0.15) is 5.75 Å². The Labute approximate surface area is 294 Å². The highest BCUT2D eigenvalue weighted by Gasteiger charge is 2.53. The Bertz CT molecular complexity index is 1850. The molecule has 2 N–H and O–H groups in total. The first-order chi connectivity index (χ1) is 23.4. The second-order valence-corrected chi connectivity index (χ2v) is 13.1. The number of rotatable bonds is 13. The molecule has 0 aromatic heterocycles. The van der Waals surface area contributed by atoms with E-state index < -0.39 is 11.6 Å². The van der Waals surface area contributed by atoms with E-state index in [1.165, 1.54) is 0 Å². The molecule has 0 aliphatic carbocycles. The van der Waals surface area contributed by atoms with Crippen molar-refractivity contribution in [3.05, 3.63) is 159 Å². The van der Waals surface area contributed by atoms with Crippen molar-refractivity contribution >= 4 is 39.3 Å². The maximum Gasteiger partial charge on any atom is 0.252 e. The second-order valence-electron chi connectivity index (χ2n) is 11.7. The topological polar surface area (TPSA) is 80.2 Å². The van der Waals surface area contributed by atoms with Gasteiger partial charge in [-0.1, -0.05) is 106 Å². The van der Waals surface area contributed by atoms with Crippen LogP contribution >= 0.6 is 27.5 Å². The quantitative estimate of drug-likeness (QED) is 0.120. The zero-order chi connectivity index (χ0) is 33.3. The lowest BCUT2D eigenvalue weighted by Gasteiger charge is -2.31. The average Bonchev–Trinajstić information content (AvgIpc) is 3.50.